The van der Waals surface area contributed by atoms with E-state index < -0.39 is 5.82 Å². The molecule has 0 unspecified atom stereocenters. The molecule has 3 rings (SSSR count). The molecule has 22 heavy (non-hydrogen) atoms. The minimum absolute atomic E-state index is 0.0920. The number of piperazine rings is 1. The molecule has 2 heterocycles. The Morgan fingerprint density at radius 1 is 1.23 bits per heavy atom. The lowest BCUT2D eigenvalue weighted by Gasteiger charge is -2.31. The van der Waals surface area contributed by atoms with E-state index in [9.17, 15) is 14.0 Å². The second kappa shape index (κ2) is 5.92. The zero-order valence-corrected chi connectivity index (χ0v) is 11.6. The number of carbonyl (C=O) groups is 2. The van der Waals surface area contributed by atoms with Crippen molar-refractivity contribution in [2.75, 3.05) is 26.2 Å². The monoisotopic (exact) mass is 304 g/mol. The largest absolute Gasteiger partial charge is 0.412 e. The van der Waals surface area contributed by atoms with Crippen LogP contribution in [0.5, 0.6) is 0 Å². The summed E-state index contributed by atoms with van der Waals surface area (Å²) in [6.07, 6.45) is 0.760. The molecule has 0 saturated carbocycles. The highest BCUT2D eigenvalue weighted by Gasteiger charge is 2.25. The average molecular weight is 304 g/mol. The van der Waals surface area contributed by atoms with Crippen molar-refractivity contribution in [3.8, 4) is 11.5 Å². The van der Waals surface area contributed by atoms with Crippen molar-refractivity contribution in [1.29, 1.82) is 0 Å². The van der Waals surface area contributed by atoms with Gasteiger partial charge in [-0.3, -0.25) is 9.59 Å². The van der Waals surface area contributed by atoms with E-state index in [2.05, 4.69) is 10.2 Å². The van der Waals surface area contributed by atoms with E-state index >= 15 is 0 Å². The number of nitrogens with zero attached hydrogens (tertiary/aromatic N) is 4. The molecular weight excluding hydrogens is 291 g/mol. The van der Waals surface area contributed by atoms with Crippen molar-refractivity contribution in [3.63, 3.8) is 0 Å². The first kappa shape index (κ1) is 14.2. The molecule has 0 spiro atoms. The zero-order valence-electron chi connectivity index (χ0n) is 11.6. The van der Waals surface area contributed by atoms with Crippen molar-refractivity contribution >= 4 is 12.3 Å². The van der Waals surface area contributed by atoms with E-state index in [-0.39, 0.29) is 17.7 Å². The summed E-state index contributed by atoms with van der Waals surface area (Å²) in [5.74, 6) is -0.859. The predicted molar refractivity (Wildman–Crippen MR) is 73.2 cm³/mol. The minimum atomic E-state index is -0.423. The Hall–Kier alpha value is -2.77. The Morgan fingerprint density at radius 2 is 2.00 bits per heavy atom. The number of hydrogen-bond donors (Lipinski definition) is 0. The zero-order chi connectivity index (χ0) is 15.5. The Kier molecular flexibility index (Phi) is 3.82. The van der Waals surface area contributed by atoms with Crippen LogP contribution in [-0.2, 0) is 4.79 Å². The number of halogens is 1. The van der Waals surface area contributed by atoms with Crippen LogP contribution in [0.2, 0.25) is 0 Å². The fraction of sp³-hybridized carbons (Fsp3) is 0.286. The Labute approximate surface area is 125 Å². The molecule has 1 aliphatic heterocycles. The van der Waals surface area contributed by atoms with E-state index in [0.29, 0.717) is 31.7 Å². The highest BCUT2D eigenvalue weighted by molar-refractivity contribution is 5.89. The molecule has 0 bridgehead atoms. The average Bonchev–Trinajstić information content (AvgIpc) is 3.04. The highest BCUT2D eigenvalue weighted by atomic mass is 19.1. The van der Waals surface area contributed by atoms with Gasteiger partial charge in [0.1, 0.15) is 5.82 Å². The van der Waals surface area contributed by atoms with Crippen LogP contribution in [0.15, 0.2) is 28.7 Å². The molecule has 0 atom stereocenters. The summed E-state index contributed by atoms with van der Waals surface area (Å²) in [4.78, 5) is 26.0. The molecule has 114 valence electrons. The van der Waals surface area contributed by atoms with E-state index in [1.807, 2.05) is 0 Å². The summed E-state index contributed by atoms with van der Waals surface area (Å²) in [5.41, 5.74) is 0.414. The van der Waals surface area contributed by atoms with Gasteiger partial charge >= 0.3 is 11.8 Å². The summed E-state index contributed by atoms with van der Waals surface area (Å²) in [7, 11) is 0. The highest BCUT2D eigenvalue weighted by Crippen LogP contribution is 2.19. The third-order valence-corrected chi connectivity index (χ3v) is 3.43. The molecule has 1 aromatic heterocycles. The number of aromatic nitrogens is 2. The quantitative estimate of drug-likeness (QED) is 0.783. The first-order valence-electron chi connectivity index (χ1n) is 6.75. The lowest BCUT2D eigenvalue weighted by molar-refractivity contribution is -0.119. The van der Waals surface area contributed by atoms with Crippen molar-refractivity contribution in [3.05, 3.63) is 36.0 Å². The van der Waals surface area contributed by atoms with Gasteiger partial charge in [-0.2, -0.15) is 0 Å². The van der Waals surface area contributed by atoms with E-state index in [1.165, 1.54) is 18.2 Å². The summed E-state index contributed by atoms with van der Waals surface area (Å²) >= 11 is 0. The summed E-state index contributed by atoms with van der Waals surface area (Å²) in [6, 6.07) is 5.70. The molecule has 7 nitrogen and oxygen atoms in total. The van der Waals surface area contributed by atoms with Crippen LogP contribution in [0.25, 0.3) is 11.5 Å². The smallest absolute Gasteiger partial charge is 0.311 e. The predicted octanol–water partition coefficient (Wildman–Crippen LogP) is 0.790. The molecule has 1 saturated heterocycles. The van der Waals surface area contributed by atoms with Gasteiger partial charge in [0.2, 0.25) is 12.3 Å². The summed E-state index contributed by atoms with van der Waals surface area (Å²) < 4.78 is 18.5. The van der Waals surface area contributed by atoms with Crippen molar-refractivity contribution < 1.29 is 18.4 Å². The third-order valence-electron chi connectivity index (χ3n) is 3.43. The molecule has 0 N–H and O–H groups in total. The number of hydrogen-bond acceptors (Lipinski definition) is 5. The first-order valence-corrected chi connectivity index (χ1v) is 6.75. The van der Waals surface area contributed by atoms with Crippen molar-refractivity contribution in [1.82, 2.24) is 20.0 Å². The number of rotatable bonds is 3. The van der Waals surface area contributed by atoms with Crippen LogP contribution in [0.3, 0.4) is 0 Å². The molecule has 8 heteroatoms. The normalized spacial score (nSPS) is 15.0. The van der Waals surface area contributed by atoms with Crippen LogP contribution in [0, 0.1) is 5.82 Å². The molecule has 0 radical (unpaired) electrons. The molecule has 2 aromatic rings. The fourth-order valence-corrected chi connectivity index (χ4v) is 2.21. The topological polar surface area (TPSA) is 79.5 Å². The van der Waals surface area contributed by atoms with Gasteiger partial charge in [0.15, 0.2) is 0 Å². The molecule has 1 fully saturated rings. The van der Waals surface area contributed by atoms with Gasteiger partial charge in [-0.1, -0.05) is 6.07 Å². The second-order valence-corrected chi connectivity index (χ2v) is 4.86. The third kappa shape index (κ3) is 2.80. The Morgan fingerprint density at radius 3 is 2.68 bits per heavy atom. The van der Waals surface area contributed by atoms with Crippen LogP contribution in [0.4, 0.5) is 4.39 Å². The maximum absolute atomic E-state index is 13.2. The molecule has 1 aliphatic rings. The Bertz CT molecular complexity index is 695. The molecule has 1 aromatic carbocycles. The van der Waals surface area contributed by atoms with Gasteiger partial charge in [0.05, 0.1) is 0 Å². The van der Waals surface area contributed by atoms with Gasteiger partial charge in [-0.15, -0.1) is 10.2 Å². The number of amides is 2. The van der Waals surface area contributed by atoms with E-state index in [1.54, 1.807) is 15.9 Å². The first-order chi connectivity index (χ1) is 10.7. The maximum Gasteiger partial charge on any atom is 0.311 e. The van der Waals surface area contributed by atoms with E-state index in [4.69, 9.17) is 4.42 Å². The van der Waals surface area contributed by atoms with Crippen LogP contribution in [0.1, 0.15) is 10.7 Å². The van der Waals surface area contributed by atoms with Gasteiger partial charge in [0.25, 0.3) is 0 Å². The second-order valence-electron chi connectivity index (χ2n) is 4.86. The lowest BCUT2D eigenvalue weighted by Crippen LogP contribution is -2.48. The van der Waals surface area contributed by atoms with Crippen LogP contribution < -0.4 is 0 Å². The van der Waals surface area contributed by atoms with Gasteiger partial charge < -0.3 is 14.2 Å². The lowest BCUT2D eigenvalue weighted by atomic mass is 10.2. The summed E-state index contributed by atoms with van der Waals surface area (Å²) in [6.45, 7) is 1.77. The van der Waals surface area contributed by atoms with Gasteiger partial charge in [-0.25, -0.2) is 4.39 Å². The molecule has 0 aliphatic carbocycles. The van der Waals surface area contributed by atoms with E-state index in [0.717, 1.165) is 6.41 Å². The van der Waals surface area contributed by atoms with Gasteiger partial charge in [-0.05, 0) is 18.2 Å². The van der Waals surface area contributed by atoms with Crippen LogP contribution in [-0.4, -0.2) is 58.5 Å². The number of carbonyl (C=O) groups excluding carboxylic acids is 2. The molecular formula is C14H13FN4O3. The Balaban J connectivity index is 1.73. The SMILES string of the molecule is O=CN1CCN(C(=O)c2nnc(-c3cccc(F)c3)o2)CC1. The fourth-order valence-electron chi connectivity index (χ4n) is 2.21. The van der Waals surface area contributed by atoms with Crippen LogP contribution >= 0.6 is 0 Å². The minimum Gasteiger partial charge on any atom is -0.412 e. The maximum atomic E-state index is 13.2. The van der Waals surface area contributed by atoms with Crippen molar-refractivity contribution in [2.24, 2.45) is 0 Å². The molecule has 2 amide bonds. The standard InChI is InChI=1S/C14H13FN4O3/c15-11-3-1-2-10(8-11)12-16-17-13(22-12)14(21)19-6-4-18(9-20)5-7-19/h1-3,8-9H,4-7H2. The van der Waals surface area contributed by atoms with Gasteiger partial charge in [0, 0.05) is 31.7 Å². The summed E-state index contributed by atoms with van der Waals surface area (Å²) in [5, 5.41) is 7.50. The number of benzene rings is 1. The van der Waals surface area contributed by atoms with Crippen molar-refractivity contribution in [2.45, 2.75) is 0 Å².